The molecule has 1 amide bonds. The molecule has 3 rings (SSSR count). The fourth-order valence-electron chi connectivity index (χ4n) is 2.64. The van der Waals surface area contributed by atoms with Gasteiger partial charge in [-0.2, -0.15) is 0 Å². The van der Waals surface area contributed by atoms with Crippen molar-refractivity contribution in [2.24, 2.45) is 0 Å². The summed E-state index contributed by atoms with van der Waals surface area (Å²) < 4.78 is 0. The van der Waals surface area contributed by atoms with Crippen LogP contribution in [-0.4, -0.2) is 33.6 Å². The van der Waals surface area contributed by atoms with Gasteiger partial charge >= 0.3 is 0 Å². The molecular weight excluding hydrogens is 376 g/mol. The summed E-state index contributed by atoms with van der Waals surface area (Å²) in [6.45, 7) is 3.80. The van der Waals surface area contributed by atoms with Crippen LogP contribution in [0.5, 0.6) is 0 Å². The second kappa shape index (κ2) is 8.82. The first-order valence-corrected chi connectivity index (χ1v) is 9.23. The van der Waals surface area contributed by atoms with Crippen LogP contribution in [0.25, 0.3) is 11.3 Å². The van der Waals surface area contributed by atoms with Gasteiger partial charge in [0.25, 0.3) is 5.91 Å². The van der Waals surface area contributed by atoms with Gasteiger partial charge in [-0.15, -0.1) is 0 Å². The summed E-state index contributed by atoms with van der Waals surface area (Å²) in [5, 5.41) is 15.9. The average molecular weight is 397 g/mol. The van der Waals surface area contributed by atoms with Crippen molar-refractivity contribution < 1.29 is 9.90 Å². The predicted octanol–water partition coefficient (Wildman–Crippen LogP) is 4.15. The van der Waals surface area contributed by atoms with Crippen LogP contribution in [0.1, 0.15) is 23.0 Å². The van der Waals surface area contributed by atoms with Crippen LogP contribution in [0.3, 0.4) is 0 Å². The summed E-state index contributed by atoms with van der Waals surface area (Å²) in [4.78, 5) is 21.5. The number of nitrogens with one attached hydrogen (secondary N) is 2. The van der Waals surface area contributed by atoms with Crippen molar-refractivity contribution in [2.75, 3.05) is 17.2 Å². The number of nitrogens with zero attached hydrogens (tertiary/aromatic N) is 2. The van der Waals surface area contributed by atoms with E-state index >= 15 is 0 Å². The normalized spacial score (nSPS) is 11.7. The van der Waals surface area contributed by atoms with Crippen LogP contribution in [0.15, 0.2) is 54.7 Å². The number of halogens is 1. The molecule has 1 atom stereocenters. The molecule has 0 aliphatic carbocycles. The quantitative estimate of drug-likeness (QED) is 0.582. The standard InChI is InChI=1S/C21H21ClN4O2/c1-13-6-8-16(20(25-13)24-12-14(2)27)21(28)26-15-7-9-18(22)17(11-15)19-5-3-4-10-23-19/h3-11,14,27H,12H2,1-2H3,(H,24,25)(H,26,28). The van der Waals surface area contributed by atoms with E-state index in [4.69, 9.17) is 11.6 Å². The maximum absolute atomic E-state index is 12.8. The van der Waals surface area contributed by atoms with E-state index in [1.807, 2.05) is 25.1 Å². The number of aromatic nitrogens is 2. The molecule has 0 saturated heterocycles. The number of carbonyl (C=O) groups is 1. The number of aryl methyl sites for hydroxylation is 1. The Hall–Kier alpha value is -2.96. The first-order valence-electron chi connectivity index (χ1n) is 8.86. The van der Waals surface area contributed by atoms with Crippen LogP contribution in [-0.2, 0) is 0 Å². The molecule has 2 heterocycles. The van der Waals surface area contributed by atoms with Gasteiger partial charge in [-0.25, -0.2) is 4.98 Å². The number of aliphatic hydroxyl groups is 1. The van der Waals surface area contributed by atoms with Crippen molar-refractivity contribution in [1.82, 2.24) is 9.97 Å². The highest BCUT2D eigenvalue weighted by Gasteiger charge is 2.15. The number of aliphatic hydroxyl groups excluding tert-OH is 1. The van der Waals surface area contributed by atoms with Gasteiger partial charge < -0.3 is 15.7 Å². The van der Waals surface area contributed by atoms with E-state index in [0.717, 1.165) is 17.0 Å². The number of anilines is 2. The van der Waals surface area contributed by atoms with Crippen LogP contribution in [0, 0.1) is 6.92 Å². The van der Waals surface area contributed by atoms with Gasteiger partial charge in [0.2, 0.25) is 0 Å². The van der Waals surface area contributed by atoms with E-state index in [0.29, 0.717) is 28.6 Å². The minimum absolute atomic E-state index is 0.293. The lowest BCUT2D eigenvalue weighted by Gasteiger charge is -2.14. The fraction of sp³-hybridized carbons (Fsp3) is 0.190. The van der Waals surface area contributed by atoms with Crippen LogP contribution < -0.4 is 10.6 Å². The molecule has 0 fully saturated rings. The van der Waals surface area contributed by atoms with Gasteiger partial charge in [0.05, 0.1) is 22.4 Å². The van der Waals surface area contributed by atoms with Crippen molar-refractivity contribution in [1.29, 1.82) is 0 Å². The van der Waals surface area contributed by atoms with Gasteiger partial charge in [-0.1, -0.05) is 17.7 Å². The lowest BCUT2D eigenvalue weighted by Crippen LogP contribution is -2.20. The third kappa shape index (κ3) is 4.85. The number of pyridine rings is 2. The molecular formula is C21H21ClN4O2. The van der Waals surface area contributed by atoms with Gasteiger partial charge in [0.15, 0.2) is 0 Å². The second-order valence-corrected chi connectivity index (χ2v) is 6.85. The lowest BCUT2D eigenvalue weighted by atomic mass is 10.1. The molecule has 6 nitrogen and oxygen atoms in total. The van der Waals surface area contributed by atoms with E-state index in [1.165, 1.54) is 0 Å². The number of hydrogen-bond donors (Lipinski definition) is 3. The summed E-state index contributed by atoms with van der Waals surface area (Å²) in [6, 6.07) is 14.3. The Kier molecular flexibility index (Phi) is 6.23. The maximum Gasteiger partial charge on any atom is 0.259 e. The SMILES string of the molecule is Cc1ccc(C(=O)Nc2ccc(Cl)c(-c3ccccn3)c2)c(NCC(C)O)n1. The number of rotatable bonds is 6. The lowest BCUT2D eigenvalue weighted by molar-refractivity contribution is 0.102. The smallest absolute Gasteiger partial charge is 0.259 e. The number of benzene rings is 1. The van der Waals surface area contributed by atoms with Gasteiger partial charge in [-0.3, -0.25) is 9.78 Å². The maximum atomic E-state index is 12.8. The highest BCUT2D eigenvalue weighted by Crippen LogP contribution is 2.29. The second-order valence-electron chi connectivity index (χ2n) is 6.44. The van der Waals surface area contributed by atoms with Crippen LogP contribution in [0.4, 0.5) is 11.5 Å². The molecule has 28 heavy (non-hydrogen) atoms. The summed E-state index contributed by atoms with van der Waals surface area (Å²) >= 11 is 6.30. The van der Waals surface area contributed by atoms with E-state index < -0.39 is 6.10 Å². The summed E-state index contributed by atoms with van der Waals surface area (Å²) in [7, 11) is 0. The molecule has 1 aromatic carbocycles. The van der Waals surface area contributed by atoms with Crippen molar-refractivity contribution in [3.8, 4) is 11.3 Å². The molecule has 1 unspecified atom stereocenters. The Morgan fingerprint density at radius 3 is 2.75 bits per heavy atom. The summed E-state index contributed by atoms with van der Waals surface area (Å²) in [6.07, 6.45) is 1.13. The van der Waals surface area contributed by atoms with Crippen molar-refractivity contribution in [3.63, 3.8) is 0 Å². The minimum Gasteiger partial charge on any atom is -0.392 e. The molecule has 3 N–H and O–H groups in total. The van der Waals surface area contributed by atoms with Crippen molar-refractivity contribution in [3.05, 3.63) is 71.0 Å². The Labute approximate surface area is 168 Å². The first-order chi connectivity index (χ1) is 13.4. The summed E-state index contributed by atoms with van der Waals surface area (Å²) in [5.74, 6) is 0.118. The number of amides is 1. The fourth-order valence-corrected chi connectivity index (χ4v) is 2.85. The third-order valence-electron chi connectivity index (χ3n) is 4.01. The third-order valence-corrected chi connectivity index (χ3v) is 4.34. The summed E-state index contributed by atoms with van der Waals surface area (Å²) in [5.41, 5.74) is 3.21. The predicted molar refractivity (Wildman–Crippen MR) is 112 cm³/mol. The zero-order valence-electron chi connectivity index (χ0n) is 15.6. The molecule has 7 heteroatoms. The monoisotopic (exact) mass is 396 g/mol. The van der Waals surface area contributed by atoms with Crippen molar-refractivity contribution in [2.45, 2.75) is 20.0 Å². The molecule has 144 valence electrons. The van der Waals surface area contributed by atoms with Gasteiger partial charge in [0, 0.05) is 29.7 Å². The van der Waals surface area contributed by atoms with E-state index in [1.54, 1.807) is 43.5 Å². The Morgan fingerprint density at radius 1 is 1.21 bits per heavy atom. The minimum atomic E-state index is -0.560. The molecule has 0 saturated carbocycles. The molecule has 0 radical (unpaired) electrons. The topological polar surface area (TPSA) is 87.1 Å². The number of hydrogen-bond acceptors (Lipinski definition) is 5. The largest absolute Gasteiger partial charge is 0.392 e. The molecule has 2 aromatic heterocycles. The van der Waals surface area contributed by atoms with E-state index in [9.17, 15) is 9.90 Å². The molecule has 0 aliphatic heterocycles. The van der Waals surface area contributed by atoms with Crippen LogP contribution in [0.2, 0.25) is 5.02 Å². The first kappa shape index (κ1) is 19.8. The highest BCUT2D eigenvalue weighted by atomic mass is 35.5. The van der Waals surface area contributed by atoms with E-state index in [2.05, 4.69) is 20.6 Å². The Morgan fingerprint density at radius 2 is 2.04 bits per heavy atom. The van der Waals surface area contributed by atoms with Gasteiger partial charge in [-0.05, 0) is 56.3 Å². The van der Waals surface area contributed by atoms with Crippen molar-refractivity contribution >= 4 is 29.0 Å². The molecule has 0 bridgehead atoms. The average Bonchev–Trinajstić information content (AvgIpc) is 2.68. The van der Waals surface area contributed by atoms with Gasteiger partial charge in [0.1, 0.15) is 5.82 Å². The molecule has 0 spiro atoms. The van der Waals surface area contributed by atoms with Crippen LogP contribution >= 0.6 is 11.6 Å². The zero-order valence-corrected chi connectivity index (χ0v) is 16.4. The molecule has 0 aliphatic rings. The van der Waals surface area contributed by atoms with E-state index in [-0.39, 0.29) is 5.91 Å². The Bertz CT molecular complexity index is 977. The molecule has 3 aromatic rings. The highest BCUT2D eigenvalue weighted by molar-refractivity contribution is 6.33. The number of carbonyl (C=O) groups excluding carboxylic acids is 1. The zero-order chi connectivity index (χ0) is 20.1. The Balaban J connectivity index is 1.86.